The summed E-state index contributed by atoms with van der Waals surface area (Å²) in [6, 6.07) is 11.1. The normalized spacial score (nSPS) is 20.2. The number of halogens is 1. The van der Waals surface area contributed by atoms with Crippen LogP contribution < -0.4 is 25.0 Å². The fraction of sp³-hybridized carbons (Fsp3) is 0.333. The van der Waals surface area contributed by atoms with Gasteiger partial charge in [-0.2, -0.15) is 0 Å². The molecule has 0 aromatic heterocycles. The number of hydrogen-bond donors (Lipinski definition) is 3. The van der Waals surface area contributed by atoms with Crippen molar-refractivity contribution < 1.29 is 28.4 Å². The van der Waals surface area contributed by atoms with E-state index in [9.17, 15) is 14.0 Å². The van der Waals surface area contributed by atoms with E-state index in [1.165, 1.54) is 18.2 Å². The lowest BCUT2D eigenvalue weighted by molar-refractivity contribution is -0.910. The molecule has 0 spiro atoms. The fourth-order valence-electron chi connectivity index (χ4n) is 3.90. The van der Waals surface area contributed by atoms with Gasteiger partial charge in [0, 0.05) is 18.4 Å². The minimum absolute atomic E-state index is 0.0282. The highest BCUT2D eigenvalue weighted by atomic mass is 19.1. The van der Waals surface area contributed by atoms with Gasteiger partial charge in [-0.15, -0.1) is 0 Å². The number of amides is 3. The average Bonchev–Trinajstić information content (AvgIpc) is 3.17. The number of likely N-dealkylation sites (tertiary alicyclic amines) is 1. The molecule has 2 heterocycles. The van der Waals surface area contributed by atoms with Crippen LogP contribution in [-0.4, -0.2) is 38.2 Å². The lowest BCUT2D eigenvalue weighted by Gasteiger charge is -2.23. The quantitative estimate of drug-likeness (QED) is 0.729. The van der Waals surface area contributed by atoms with Gasteiger partial charge in [0.15, 0.2) is 18.0 Å². The van der Waals surface area contributed by atoms with Gasteiger partial charge < -0.3 is 19.7 Å². The van der Waals surface area contributed by atoms with E-state index in [2.05, 4.69) is 10.6 Å². The third-order valence-electron chi connectivity index (χ3n) is 5.21. The van der Waals surface area contributed by atoms with Gasteiger partial charge in [0.1, 0.15) is 25.1 Å². The number of carbonyl (C=O) groups excluding carboxylic acids is 2. The Morgan fingerprint density at radius 2 is 1.90 bits per heavy atom. The summed E-state index contributed by atoms with van der Waals surface area (Å²) in [4.78, 5) is 25.5. The molecule has 1 unspecified atom stereocenters. The topological polar surface area (TPSA) is 81.1 Å². The van der Waals surface area contributed by atoms with E-state index >= 15 is 0 Å². The summed E-state index contributed by atoms with van der Waals surface area (Å²) in [6.45, 7) is 2.06. The van der Waals surface area contributed by atoms with Crippen molar-refractivity contribution in [1.29, 1.82) is 0 Å². The molecule has 4 rings (SSSR count). The molecule has 2 aromatic rings. The number of imide groups is 1. The highest BCUT2D eigenvalue weighted by Gasteiger charge is 2.32. The van der Waals surface area contributed by atoms with E-state index in [-0.39, 0.29) is 18.3 Å². The second-order valence-corrected chi connectivity index (χ2v) is 7.17. The zero-order chi connectivity index (χ0) is 20.2. The van der Waals surface area contributed by atoms with Crippen molar-refractivity contribution in [2.24, 2.45) is 0 Å². The van der Waals surface area contributed by atoms with Crippen molar-refractivity contribution in [3.8, 4) is 11.5 Å². The van der Waals surface area contributed by atoms with Crippen molar-refractivity contribution in [2.75, 3.05) is 31.6 Å². The predicted octanol–water partition coefficient (Wildman–Crippen LogP) is 1.67. The Kier molecular flexibility index (Phi) is 5.62. The lowest BCUT2D eigenvalue weighted by atomic mass is 10.0. The van der Waals surface area contributed by atoms with Gasteiger partial charge in [-0.05, 0) is 30.3 Å². The van der Waals surface area contributed by atoms with Crippen molar-refractivity contribution in [2.45, 2.75) is 18.9 Å². The molecule has 3 N–H and O–H groups in total. The second kappa shape index (κ2) is 8.48. The van der Waals surface area contributed by atoms with E-state index < -0.39 is 17.8 Å². The third kappa shape index (κ3) is 4.48. The molecular weight excluding hydrogens is 377 g/mol. The number of para-hydroxylation sites is 1. The smallest absolute Gasteiger partial charge is 0.326 e. The first-order valence-corrected chi connectivity index (χ1v) is 9.69. The number of quaternary nitrogens is 1. The van der Waals surface area contributed by atoms with E-state index in [1.807, 2.05) is 18.2 Å². The maximum absolute atomic E-state index is 13.6. The minimum Gasteiger partial charge on any atom is -0.486 e. The first-order chi connectivity index (χ1) is 14.1. The number of fused-ring (bicyclic) bond motifs is 1. The Morgan fingerprint density at radius 3 is 2.72 bits per heavy atom. The summed E-state index contributed by atoms with van der Waals surface area (Å²) in [6.07, 6.45) is 1.94. The van der Waals surface area contributed by atoms with Crippen LogP contribution in [-0.2, 0) is 4.79 Å². The molecule has 29 heavy (non-hydrogen) atoms. The largest absolute Gasteiger partial charge is 0.486 e. The molecule has 7 nitrogen and oxygen atoms in total. The van der Waals surface area contributed by atoms with Crippen molar-refractivity contribution in [1.82, 2.24) is 5.32 Å². The number of nitrogens with one attached hydrogen (secondary N) is 3. The molecule has 2 aromatic carbocycles. The van der Waals surface area contributed by atoms with Crippen molar-refractivity contribution >= 4 is 17.6 Å². The molecule has 2 atom stereocenters. The molecule has 2 aliphatic heterocycles. The maximum Gasteiger partial charge on any atom is 0.326 e. The first kappa shape index (κ1) is 19.2. The second-order valence-electron chi connectivity index (χ2n) is 7.17. The van der Waals surface area contributed by atoms with Gasteiger partial charge in [-0.1, -0.05) is 12.1 Å². The Bertz CT molecular complexity index is 921. The number of anilines is 1. The molecular formula is C21H23FN3O4+. The van der Waals surface area contributed by atoms with E-state index in [0.29, 0.717) is 13.2 Å². The third-order valence-corrected chi connectivity index (χ3v) is 5.21. The Hall–Kier alpha value is -3.13. The number of carbonyl (C=O) groups is 2. The van der Waals surface area contributed by atoms with Gasteiger partial charge in [-0.25, -0.2) is 9.18 Å². The van der Waals surface area contributed by atoms with Crippen LogP contribution in [0.1, 0.15) is 24.4 Å². The Labute approximate surface area is 167 Å². The Morgan fingerprint density at radius 1 is 1.10 bits per heavy atom. The van der Waals surface area contributed by atoms with E-state index in [1.54, 1.807) is 6.07 Å². The SMILES string of the molecule is O=C(C[NH+]1CCC[C@@H]1c1ccc2c(c1)OCCO2)NC(=O)Nc1ccccc1F. The Balaban J connectivity index is 1.36. The molecule has 0 saturated carbocycles. The first-order valence-electron chi connectivity index (χ1n) is 9.69. The zero-order valence-corrected chi connectivity index (χ0v) is 15.9. The van der Waals surface area contributed by atoms with Gasteiger partial charge in [0.25, 0.3) is 5.91 Å². The van der Waals surface area contributed by atoms with Crippen LogP contribution in [0.15, 0.2) is 42.5 Å². The summed E-state index contributed by atoms with van der Waals surface area (Å²) in [5.74, 6) is 0.507. The van der Waals surface area contributed by atoms with Gasteiger partial charge in [-0.3, -0.25) is 10.1 Å². The maximum atomic E-state index is 13.6. The number of urea groups is 1. The number of rotatable bonds is 4. The zero-order valence-electron chi connectivity index (χ0n) is 15.9. The highest BCUT2D eigenvalue weighted by molar-refractivity contribution is 6.01. The van der Waals surface area contributed by atoms with E-state index in [0.717, 1.165) is 41.3 Å². The van der Waals surface area contributed by atoms with Crippen LogP contribution in [0.2, 0.25) is 0 Å². The van der Waals surface area contributed by atoms with Crippen LogP contribution in [0.5, 0.6) is 11.5 Å². The average molecular weight is 400 g/mol. The van der Waals surface area contributed by atoms with Gasteiger partial charge in [0.2, 0.25) is 0 Å². The number of ether oxygens (including phenoxy) is 2. The van der Waals surface area contributed by atoms with Gasteiger partial charge >= 0.3 is 6.03 Å². The van der Waals surface area contributed by atoms with Crippen molar-refractivity contribution in [3.63, 3.8) is 0 Å². The van der Waals surface area contributed by atoms with Crippen LogP contribution >= 0.6 is 0 Å². The summed E-state index contributed by atoms with van der Waals surface area (Å²) >= 11 is 0. The summed E-state index contributed by atoms with van der Waals surface area (Å²) in [5, 5.41) is 4.64. The standard InChI is InChI=1S/C21H22FN3O4/c22-15-4-1-2-5-16(15)23-21(27)24-20(26)13-25-9-3-6-17(25)14-7-8-18-19(12-14)29-11-10-28-18/h1-2,4-5,7-8,12,17H,3,6,9-11,13H2,(H2,23,24,26,27)/p+1/t17-/m1/s1. The molecule has 0 aliphatic carbocycles. The number of hydrogen-bond acceptors (Lipinski definition) is 4. The summed E-state index contributed by atoms with van der Waals surface area (Å²) < 4.78 is 24.9. The summed E-state index contributed by atoms with van der Waals surface area (Å²) in [7, 11) is 0. The predicted molar refractivity (Wildman–Crippen MR) is 104 cm³/mol. The molecule has 2 aliphatic rings. The molecule has 8 heteroatoms. The number of benzene rings is 2. The molecule has 152 valence electrons. The van der Waals surface area contributed by atoms with Crippen LogP contribution in [0.25, 0.3) is 0 Å². The van der Waals surface area contributed by atoms with Crippen LogP contribution in [0, 0.1) is 5.82 Å². The van der Waals surface area contributed by atoms with Gasteiger partial charge in [0.05, 0.1) is 12.2 Å². The lowest BCUT2D eigenvalue weighted by Crippen LogP contribution is -3.11. The van der Waals surface area contributed by atoms with Crippen LogP contribution in [0.3, 0.4) is 0 Å². The van der Waals surface area contributed by atoms with Crippen molar-refractivity contribution in [3.05, 3.63) is 53.8 Å². The molecule has 3 amide bonds. The molecule has 1 fully saturated rings. The fourth-order valence-corrected chi connectivity index (χ4v) is 3.90. The highest BCUT2D eigenvalue weighted by Crippen LogP contribution is 2.33. The van der Waals surface area contributed by atoms with E-state index in [4.69, 9.17) is 9.47 Å². The molecule has 0 radical (unpaired) electrons. The molecule has 0 bridgehead atoms. The van der Waals surface area contributed by atoms with Crippen LogP contribution in [0.4, 0.5) is 14.9 Å². The summed E-state index contributed by atoms with van der Waals surface area (Å²) in [5.41, 5.74) is 1.12. The monoisotopic (exact) mass is 400 g/mol. The molecule has 1 saturated heterocycles. The minimum atomic E-state index is -0.741.